The van der Waals surface area contributed by atoms with Crippen LogP contribution < -0.4 is 5.32 Å². The largest absolute Gasteiger partial charge is 0.324 e. The van der Waals surface area contributed by atoms with Crippen molar-refractivity contribution in [3.63, 3.8) is 0 Å². The smallest absolute Gasteiger partial charge is 0.227 e. The van der Waals surface area contributed by atoms with Crippen molar-refractivity contribution in [3.8, 4) is 0 Å². The third-order valence-corrected chi connectivity index (χ3v) is 3.42. The van der Waals surface area contributed by atoms with E-state index < -0.39 is 0 Å². The van der Waals surface area contributed by atoms with E-state index >= 15 is 0 Å². The Hall–Kier alpha value is -0.650. The maximum absolute atomic E-state index is 5.89. The lowest BCUT2D eigenvalue weighted by molar-refractivity contribution is 1.15. The highest BCUT2D eigenvalue weighted by molar-refractivity contribution is 9.10. The van der Waals surface area contributed by atoms with Gasteiger partial charge in [-0.25, -0.2) is 9.97 Å². The molecular weight excluding hydrogens is 357 g/mol. The highest BCUT2D eigenvalue weighted by Gasteiger charge is 2.01. The summed E-state index contributed by atoms with van der Waals surface area (Å²) in [6, 6.07) is 5.53. The fourth-order valence-electron chi connectivity index (χ4n) is 1.08. The number of nitrogens with zero attached hydrogens (tertiary/aromatic N) is 2. The number of anilines is 2. The van der Waals surface area contributed by atoms with E-state index in [1.807, 2.05) is 12.1 Å². The van der Waals surface area contributed by atoms with Crippen LogP contribution in [0.25, 0.3) is 0 Å². The van der Waals surface area contributed by atoms with Crippen molar-refractivity contribution in [2.45, 2.75) is 0 Å². The van der Waals surface area contributed by atoms with Crippen molar-refractivity contribution < 1.29 is 0 Å². The Morgan fingerprint density at radius 1 is 1.12 bits per heavy atom. The maximum Gasteiger partial charge on any atom is 0.227 e. The summed E-state index contributed by atoms with van der Waals surface area (Å²) in [6.07, 6.45) is 3.36. The van der Waals surface area contributed by atoms with Crippen molar-refractivity contribution in [2.24, 2.45) is 0 Å². The number of halogens is 3. The average Bonchev–Trinajstić information content (AvgIpc) is 2.27. The van der Waals surface area contributed by atoms with Gasteiger partial charge in [-0.05, 0) is 50.1 Å². The van der Waals surface area contributed by atoms with Crippen LogP contribution in [0.5, 0.6) is 0 Å². The molecule has 1 N–H and O–H groups in total. The van der Waals surface area contributed by atoms with E-state index in [2.05, 4.69) is 47.1 Å². The average molecular weight is 363 g/mol. The highest BCUT2D eigenvalue weighted by Crippen LogP contribution is 2.26. The molecule has 0 atom stereocenters. The van der Waals surface area contributed by atoms with E-state index in [-0.39, 0.29) is 0 Å². The predicted molar refractivity (Wildman–Crippen MR) is 72.2 cm³/mol. The van der Waals surface area contributed by atoms with E-state index in [0.29, 0.717) is 11.0 Å². The summed E-state index contributed by atoms with van der Waals surface area (Å²) < 4.78 is 1.67. The van der Waals surface area contributed by atoms with Crippen LogP contribution in [0.3, 0.4) is 0 Å². The normalized spacial score (nSPS) is 10.2. The number of hydrogen-bond acceptors (Lipinski definition) is 3. The standard InChI is InChI=1S/C10H6Br2ClN3/c11-6-4-14-10(15-5-6)16-7-1-2-9(13)8(12)3-7/h1-5H,(H,14,15,16). The summed E-state index contributed by atoms with van der Waals surface area (Å²) in [5.41, 5.74) is 0.874. The zero-order valence-electron chi connectivity index (χ0n) is 7.92. The number of aromatic nitrogens is 2. The zero-order valence-corrected chi connectivity index (χ0v) is 11.8. The van der Waals surface area contributed by atoms with Crippen LogP contribution in [0.1, 0.15) is 0 Å². The lowest BCUT2D eigenvalue weighted by atomic mass is 10.3. The van der Waals surface area contributed by atoms with Gasteiger partial charge in [0.2, 0.25) is 5.95 Å². The Kier molecular flexibility index (Phi) is 3.78. The molecule has 16 heavy (non-hydrogen) atoms. The molecule has 82 valence electrons. The molecular formula is C10H6Br2ClN3. The summed E-state index contributed by atoms with van der Waals surface area (Å²) in [5.74, 6) is 0.539. The molecule has 6 heteroatoms. The van der Waals surface area contributed by atoms with Gasteiger partial charge in [0.1, 0.15) is 0 Å². The van der Waals surface area contributed by atoms with Gasteiger partial charge in [-0.15, -0.1) is 0 Å². The lowest BCUT2D eigenvalue weighted by Crippen LogP contribution is -1.95. The molecule has 1 aromatic carbocycles. The third-order valence-electron chi connectivity index (χ3n) is 1.80. The summed E-state index contributed by atoms with van der Waals surface area (Å²) in [6.45, 7) is 0. The van der Waals surface area contributed by atoms with Gasteiger partial charge in [-0.2, -0.15) is 0 Å². The second kappa shape index (κ2) is 5.12. The third kappa shape index (κ3) is 2.93. The van der Waals surface area contributed by atoms with Crippen LogP contribution in [0.15, 0.2) is 39.5 Å². The van der Waals surface area contributed by atoms with Gasteiger partial charge in [0.15, 0.2) is 0 Å². The summed E-state index contributed by atoms with van der Waals surface area (Å²) in [5, 5.41) is 3.74. The molecule has 0 saturated carbocycles. The molecule has 0 unspecified atom stereocenters. The minimum atomic E-state index is 0.539. The monoisotopic (exact) mass is 361 g/mol. The molecule has 1 heterocycles. The molecule has 0 bridgehead atoms. The van der Waals surface area contributed by atoms with E-state index in [9.17, 15) is 0 Å². The number of nitrogens with one attached hydrogen (secondary N) is 1. The van der Waals surface area contributed by atoms with Crippen molar-refractivity contribution in [1.82, 2.24) is 9.97 Å². The van der Waals surface area contributed by atoms with E-state index in [1.165, 1.54) is 0 Å². The first kappa shape index (κ1) is 11.8. The second-order valence-electron chi connectivity index (χ2n) is 2.98. The Morgan fingerprint density at radius 3 is 2.44 bits per heavy atom. The fourth-order valence-corrected chi connectivity index (χ4v) is 1.78. The SMILES string of the molecule is Clc1ccc(Nc2ncc(Br)cn2)cc1Br. The van der Waals surface area contributed by atoms with Crippen LogP contribution in [0, 0.1) is 0 Å². The molecule has 3 nitrogen and oxygen atoms in total. The first-order valence-electron chi connectivity index (χ1n) is 4.35. The van der Waals surface area contributed by atoms with Crippen LogP contribution in [0.2, 0.25) is 5.02 Å². The predicted octanol–water partition coefficient (Wildman–Crippen LogP) is 4.40. The van der Waals surface area contributed by atoms with E-state index in [1.54, 1.807) is 18.5 Å². The number of rotatable bonds is 2. The lowest BCUT2D eigenvalue weighted by Gasteiger charge is -2.05. The summed E-state index contributed by atoms with van der Waals surface area (Å²) in [4.78, 5) is 8.22. The molecule has 2 aromatic rings. The fraction of sp³-hybridized carbons (Fsp3) is 0. The van der Waals surface area contributed by atoms with Crippen molar-refractivity contribution in [1.29, 1.82) is 0 Å². The van der Waals surface area contributed by atoms with Gasteiger partial charge in [0, 0.05) is 22.6 Å². The Labute approximate surface area is 115 Å². The number of hydrogen-bond donors (Lipinski definition) is 1. The van der Waals surface area contributed by atoms with Gasteiger partial charge < -0.3 is 5.32 Å². The Bertz CT molecular complexity index is 502. The van der Waals surface area contributed by atoms with Crippen LogP contribution in [-0.2, 0) is 0 Å². The van der Waals surface area contributed by atoms with Crippen LogP contribution in [-0.4, -0.2) is 9.97 Å². The molecule has 0 aliphatic carbocycles. The molecule has 1 aromatic heterocycles. The van der Waals surface area contributed by atoms with Crippen molar-refractivity contribution in [3.05, 3.63) is 44.6 Å². The summed E-state index contributed by atoms with van der Waals surface area (Å²) in [7, 11) is 0. The minimum Gasteiger partial charge on any atom is -0.324 e. The molecule has 0 radical (unpaired) electrons. The van der Waals surface area contributed by atoms with Crippen LogP contribution in [0.4, 0.5) is 11.6 Å². The second-order valence-corrected chi connectivity index (χ2v) is 5.16. The minimum absolute atomic E-state index is 0.539. The van der Waals surface area contributed by atoms with Gasteiger partial charge >= 0.3 is 0 Å². The molecule has 0 fully saturated rings. The zero-order chi connectivity index (χ0) is 11.5. The van der Waals surface area contributed by atoms with Gasteiger partial charge in [0.25, 0.3) is 0 Å². The highest BCUT2D eigenvalue weighted by atomic mass is 79.9. The first-order valence-corrected chi connectivity index (χ1v) is 6.31. The Morgan fingerprint density at radius 2 is 1.81 bits per heavy atom. The van der Waals surface area contributed by atoms with E-state index in [4.69, 9.17) is 11.6 Å². The first-order chi connectivity index (χ1) is 7.65. The molecule has 0 saturated heterocycles. The topological polar surface area (TPSA) is 37.8 Å². The maximum atomic E-state index is 5.89. The molecule has 2 rings (SSSR count). The van der Waals surface area contributed by atoms with Crippen molar-refractivity contribution in [2.75, 3.05) is 5.32 Å². The quantitative estimate of drug-likeness (QED) is 0.859. The van der Waals surface area contributed by atoms with Crippen LogP contribution >= 0.6 is 43.5 Å². The van der Waals surface area contributed by atoms with Crippen molar-refractivity contribution >= 4 is 55.1 Å². The van der Waals surface area contributed by atoms with Gasteiger partial charge in [-0.1, -0.05) is 11.6 Å². The molecule has 0 spiro atoms. The molecule has 0 amide bonds. The van der Waals surface area contributed by atoms with Gasteiger partial charge in [-0.3, -0.25) is 0 Å². The molecule has 0 aliphatic heterocycles. The van der Waals surface area contributed by atoms with E-state index in [0.717, 1.165) is 14.6 Å². The summed E-state index contributed by atoms with van der Waals surface area (Å²) >= 11 is 12.5. The van der Waals surface area contributed by atoms with Gasteiger partial charge in [0.05, 0.1) is 9.50 Å². The molecule has 0 aliphatic rings. The Balaban J connectivity index is 2.20. The number of benzene rings is 1.